The van der Waals surface area contributed by atoms with E-state index in [1.54, 1.807) is 20.8 Å². The van der Waals surface area contributed by atoms with Crippen LogP contribution in [0.1, 0.15) is 76.3 Å². The summed E-state index contributed by atoms with van der Waals surface area (Å²) in [5, 5.41) is 57.2. The summed E-state index contributed by atoms with van der Waals surface area (Å²) in [4.78, 5) is 42.2. The van der Waals surface area contributed by atoms with E-state index in [1.807, 2.05) is 0 Å². The van der Waals surface area contributed by atoms with Gasteiger partial charge in [-0.2, -0.15) is 0 Å². The minimum absolute atomic E-state index is 0.0996. The minimum atomic E-state index is -2.56. The molecule has 7 rings (SSSR count). The van der Waals surface area contributed by atoms with E-state index < -0.39 is 82.2 Å². The van der Waals surface area contributed by atoms with Crippen molar-refractivity contribution in [1.29, 1.82) is 0 Å². The molecule has 3 heterocycles. The van der Waals surface area contributed by atoms with Gasteiger partial charge >= 0.3 is 0 Å². The van der Waals surface area contributed by atoms with Crippen LogP contribution >= 0.6 is 0 Å². The molecule has 0 saturated carbocycles. The third-order valence-electron chi connectivity index (χ3n) is 9.37. The van der Waals surface area contributed by atoms with Gasteiger partial charge in [0.15, 0.2) is 28.6 Å². The second-order valence-corrected chi connectivity index (χ2v) is 11.7. The number of aromatic hydroxyl groups is 3. The molecule has 8 atom stereocenters. The lowest BCUT2D eigenvalue weighted by Gasteiger charge is -2.57. The Balaban J connectivity index is 1.62. The lowest BCUT2D eigenvalue weighted by atomic mass is 9.55. The number of hydrogen-bond acceptors (Lipinski definition) is 11. The quantitative estimate of drug-likeness (QED) is 0.316. The van der Waals surface area contributed by atoms with Crippen molar-refractivity contribution in [2.45, 2.75) is 75.8 Å². The SMILES string of the molecule is CC1CC2=C(C(=O)c3c(O)cc4c(c3C2=O)C2(O)c3cc(O)cc(O)c3C(=O)C3C(C)OC(C)C(O)C32O4)C(C)O1. The largest absolute Gasteiger partial charge is 0.508 e. The molecule has 1 spiro atoms. The van der Waals surface area contributed by atoms with Crippen molar-refractivity contribution in [3.8, 4) is 23.0 Å². The van der Waals surface area contributed by atoms with Gasteiger partial charge < -0.3 is 39.7 Å². The number of Topliss-reactive ketones (excluding diaryl/α,β-unsaturated/α-hetero) is 3. The molecule has 0 amide bonds. The molecular weight excluding hydrogens is 536 g/mol. The number of rotatable bonds is 0. The first-order chi connectivity index (χ1) is 19.2. The average Bonchev–Trinajstić information content (AvgIpc) is 3.13. The zero-order valence-corrected chi connectivity index (χ0v) is 22.6. The first-order valence-corrected chi connectivity index (χ1v) is 13.5. The molecule has 214 valence electrons. The number of carbonyl (C=O) groups is 3. The van der Waals surface area contributed by atoms with Crippen LogP contribution in [0, 0.1) is 5.92 Å². The summed E-state index contributed by atoms with van der Waals surface area (Å²) in [7, 11) is 0. The van der Waals surface area contributed by atoms with Crippen molar-refractivity contribution in [2.75, 3.05) is 0 Å². The molecule has 1 fully saturated rings. The number of fused-ring (bicyclic) bond motifs is 6. The molecule has 11 nitrogen and oxygen atoms in total. The van der Waals surface area contributed by atoms with Crippen molar-refractivity contribution in [1.82, 2.24) is 0 Å². The van der Waals surface area contributed by atoms with Crippen LogP contribution in [0.25, 0.3) is 0 Å². The van der Waals surface area contributed by atoms with Gasteiger partial charge in [-0.15, -0.1) is 0 Å². The number of phenolic OH excluding ortho intramolecular Hbond substituents is 3. The third-order valence-corrected chi connectivity index (χ3v) is 9.37. The first-order valence-electron chi connectivity index (χ1n) is 13.5. The van der Waals surface area contributed by atoms with E-state index in [-0.39, 0.29) is 51.1 Å². The lowest BCUT2D eigenvalue weighted by Crippen LogP contribution is -2.75. The molecule has 5 aliphatic rings. The van der Waals surface area contributed by atoms with Crippen molar-refractivity contribution in [3.05, 3.63) is 57.2 Å². The van der Waals surface area contributed by atoms with Crippen LogP contribution in [0.4, 0.5) is 0 Å². The normalized spacial score (nSPS) is 37.0. The molecule has 3 aliphatic heterocycles. The zero-order chi connectivity index (χ0) is 29.5. The summed E-state index contributed by atoms with van der Waals surface area (Å²) < 4.78 is 18.0. The van der Waals surface area contributed by atoms with Crippen LogP contribution in [-0.2, 0) is 15.1 Å². The first kappa shape index (κ1) is 26.1. The second-order valence-electron chi connectivity index (χ2n) is 11.7. The number of carbonyl (C=O) groups excluding carboxylic acids is 3. The molecule has 2 aromatic rings. The van der Waals surface area contributed by atoms with E-state index >= 15 is 0 Å². The molecule has 2 aromatic carbocycles. The summed E-state index contributed by atoms with van der Waals surface area (Å²) in [6.45, 7) is 6.48. The molecule has 1 saturated heterocycles. The molecule has 0 bridgehead atoms. The van der Waals surface area contributed by atoms with Crippen LogP contribution in [0.2, 0.25) is 0 Å². The summed E-state index contributed by atoms with van der Waals surface area (Å²) in [6, 6.07) is 3.09. The average molecular weight is 565 g/mol. The summed E-state index contributed by atoms with van der Waals surface area (Å²) in [6.07, 6.45) is -4.63. The fourth-order valence-electron chi connectivity index (χ4n) is 7.92. The predicted octanol–water partition coefficient (Wildman–Crippen LogP) is 2.02. The highest BCUT2D eigenvalue weighted by atomic mass is 16.6. The summed E-state index contributed by atoms with van der Waals surface area (Å²) in [5.41, 5.74) is -6.09. The third kappa shape index (κ3) is 2.84. The number of benzene rings is 2. The molecule has 5 N–H and O–H groups in total. The second kappa shape index (κ2) is 7.95. The van der Waals surface area contributed by atoms with Gasteiger partial charge in [0.2, 0.25) is 0 Å². The molecule has 0 aromatic heterocycles. The van der Waals surface area contributed by atoms with Crippen molar-refractivity contribution < 1.29 is 54.1 Å². The fraction of sp³-hybridized carbons (Fsp3) is 0.433. The fourth-order valence-corrected chi connectivity index (χ4v) is 7.92. The van der Waals surface area contributed by atoms with Gasteiger partial charge in [-0.25, -0.2) is 0 Å². The summed E-state index contributed by atoms with van der Waals surface area (Å²) >= 11 is 0. The van der Waals surface area contributed by atoms with Gasteiger partial charge in [0.1, 0.15) is 29.1 Å². The van der Waals surface area contributed by atoms with E-state index in [9.17, 15) is 39.9 Å². The highest BCUT2D eigenvalue weighted by Crippen LogP contribution is 2.65. The van der Waals surface area contributed by atoms with E-state index in [4.69, 9.17) is 14.2 Å². The number of aliphatic hydroxyl groups is 2. The predicted molar refractivity (Wildman–Crippen MR) is 138 cm³/mol. The molecule has 11 heteroatoms. The molecule has 2 aliphatic carbocycles. The van der Waals surface area contributed by atoms with Gasteiger partial charge in [-0.3, -0.25) is 14.4 Å². The molecule has 0 radical (unpaired) electrons. The highest BCUT2D eigenvalue weighted by molar-refractivity contribution is 6.29. The lowest BCUT2D eigenvalue weighted by molar-refractivity contribution is -0.263. The maximum atomic E-state index is 14.3. The van der Waals surface area contributed by atoms with E-state index in [1.165, 1.54) is 6.92 Å². The Bertz CT molecular complexity index is 1660. The van der Waals surface area contributed by atoms with Crippen molar-refractivity contribution in [3.63, 3.8) is 0 Å². The Kier molecular flexibility index (Phi) is 5.07. The Labute approximate surface area is 233 Å². The number of ketones is 3. The van der Waals surface area contributed by atoms with Crippen LogP contribution in [0.15, 0.2) is 29.3 Å². The van der Waals surface area contributed by atoms with E-state index in [0.29, 0.717) is 0 Å². The molecular formula is C30H28O11. The van der Waals surface area contributed by atoms with E-state index in [2.05, 4.69) is 0 Å². The van der Waals surface area contributed by atoms with Gasteiger partial charge in [-0.05, 0) is 33.8 Å². The topological polar surface area (TPSA) is 180 Å². The van der Waals surface area contributed by atoms with E-state index in [0.717, 1.165) is 18.2 Å². The summed E-state index contributed by atoms with van der Waals surface area (Å²) in [5.74, 6) is -5.36. The minimum Gasteiger partial charge on any atom is -0.508 e. The van der Waals surface area contributed by atoms with Gasteiger partial charge in [0, 0.05) is 46.4 Å². The Morgan fingerprint density at radius 1 is 0.854 bits per heavy atom. The van der Waals surface area contributed by atoms with Gasteiger partial charge in [-0.1, -0.05) is 0 Å². The molecule has 41 heavy (non-hydrogen) atoms. The van der Waals surface area contributed by atoms with Crippen molar-refractivity contribution >= 4 is 17.3 Å². The maximum absolute atomic E-state index is 14.3. The van der Waals surface area contributed by atoms with Crippen LogP contribution in [0.3, 0.4) is 0 Å². The van der Waals surface area contributed by atoms with Crippen LogP contribution in [-0.4, -0.2) is 79.0 Å². The number of aliphatic hydroxyl groups excluding tert-OH is 1. The van der Waals surface area contributed by atoms with Crippen molar-refractivity contribution in [2.24, 2.45) is 5.92 Å². The Hall–Kier alpha value is -3.77. The van der Waals surface area contributed by atoms with Gasteiger partial charge in [0.25, 0.3) is 0 Å². The zero-order valence-electron chi connectivity index (χ0n) is 22.6. The number of hydrogen-bond donors (Lipinski definition) is 5. The Morgan fingerprint density at radius 3 is 2.24 bits per heavy atom. The smallest absolute Gasteiger partial charge is 0.196 e. The highest BCUT2D eigenvalue weighted by Gasteiger charge is 2.77. The molecule has 8 unspecified atom stereocenters. The van der Waals surface area contributed by atoms with Crippen LogP contribution in [0.5, 0.6) is 23.0 Å². The standard InChI is InChI=1S/C30H28O11/c1-9-5-14-19(10(2)39-9)26(35)21-17(33)8-18-24(22(21)25(14)34)29(38)15-6-13(31)7-16(32)20(15)27(36)23-11(3)40-12(4)28(37)30(23,29)41-18/h6-12,23,28,31-33,37-38H,5H2,1-4H3. The Morgan fingerprint density at radius 2 is 1.54 bits per heavy atom. The number of phenols is 3. The van der Waals surface area contributed by atoms with Gasteiger partial charge in [0.05, 0.1) is 41.5 Å². The number of ether oxygens (including phenoxy) is 3. The van der Waals surface area contributed by atoms with Crippen LogP contribution < -0.4 is 4.74 Å². The maximum Gasteiger partial charge on any atom is 0.196 e. The monoisotopic (exact) mass is 564 g/mol.